The van der Waals surface area contributed by atoms with Crippen LogP contribution in [0.15, 0.2) is 30.3 Å². The molecule has 1 saturated heterocycles. The molecule has 0 saturated carbocycles. The molecule has 3 rings (SSSR count). The van der Waals surface area contributed by atoms with E-state index in [9.17, 15) is 9.90 Å². The minimum Gasteiger partial charge on any atom is -0.391 e. The summed E-state index contributed by atoms with van der Waals surface area (Å²) in [6.07, 6.45) is -0.385. The molecule has 2 atom stereocenters. The lowest BCUT2D eigenvalue weighted by molar-refractivity contribution is 0.0926. The van der Waals surface area contributed by atoms with E-state index in [1.54, 1.807) is 0 Å². The molecular formula is C19H26ClN3O2. The number of benzene rings is 1. The highest BCUT2D eigenvalue weighted by Gasteiger charge is 2.26. The molecule has 1 aliphatic heterocycles. The second-order valence-electron chi connectivity index (χ2n) is 6.60. The van der Waals surface area contributed by atoms with Gasteiger partial charge < -0.3 is 20.3 Å². The molecule has 1 amide bonds. The summed E-state index contributed by atoms with van der Waals surface area (Å²) in [6.45, 7) is 7.89. The van der Waals surface area contributed by atoms with Gasteiger partial charge in [-0.1, -0.05) is 18.2 Å². The Kier molecular flexibility index (Phi) is 6.27. The van der Waals surface area contributed by atoms with Crippen LogP contribution in [0.4, 0.5) is 0 Å². The van der Waals surface area contributed by atoms with Gasteiger partial charge in [-0.15, -0.1) is 12.4 Å². The first kappa shape index (κ1) is 19.5. The Morgan fingerprint density at radius 3 is 2.64 bits per heavy atom. The van der Waals surface area contributed by atoms with Crippen LogP contribution < -0.4 is 10.6 Å². The molecule has 2 heterocycles. The summed E-state index contributed by atoms with van der Waals surface area (Å²) in [5.74, 6) is -0.00385. The van der Waals surface area contributed by atoms with Crippen LogP contribution in [0, 0.1) is 26.7 Å². The Bertz CT molecular complexity index is 757. The van der Waals surface area contributed by atoms with Gasteiger partial charge in [-0.25, -0.2) is 0 Å². The molecule has 0 radical (unpaired) electrons. The predicted molar refractivity (Wildman–Crippen MR) is 102 cm³/mol. The van der Waals surface area contributed by atoms with Gasteiger partial charge in [0.05, 0.1) is 11.7 Å². The minimum atomic E-state index is -0.385. The highest BCUT2D eigenvalue weighted by Crippen LogP contribution is 2.23. The number of para-hydroxylation sites is 1. The first-order chi connectivity index (χ1) is 11.5. The van der Waals surface area contributed by atoms with Gasteiger partial charge in [0.1, 0.15) is 0 Å². The van der Waals surface area contributed by atoms with Gasteiger partial charge in [-0.05, 0) is 38.5 Å². The van der Waals surface area contributed by atoms with Crippen LogP contribution in [0.5, 0.6) is 0 Å². The Hall–Kier alpha value is -1.82. The predicted octanol–water partition coefficient (Wildman–Crippen LogP) is 2.13. The molecule has 0 bridgehead atoms. The molecule has 5 nitrogen and oxygen atoms in total. The number of aryl methyl sites for hydroxylation is 2. The first-order valence-corrected chi connectivity index (χ1v) is 8.41. The lowest BCUT2D eigenvalue weighted by atomic mass is 10.1. The van der Waals surface area contributed by atoms with Gasteiger partial charge in [0.2, 0.25) is 0 Å². The third kappa shape index (κ3) is 3.89. The summed E-state index contributed by atoms with van der Waals surface area (Å²) in [7, 11) is 0. The van der Waals surface area contributed by atoms with Gasteiger partial charge in [0.25, 0.3) is 5.91 Å². The Morgan fingerprint density at radius 1 is 1.28 bits per heavy atom. The molecule has 2 aromatic rings. The maximum atomic E-state index is 12.6. The van der Waals surface area contributed by atoms with Crippen molar-refractivity contribution >= 4 is 18.3 Å². The maximum Gasteiger partial charge on any atom is 0.253 e. The Balaban J connectivity index is 0.00000225. The molecule has 1 aromatic carbocycles. The number of carbonyl (C=O) groups is 1. The average Bonchev–Trinajstić information content (AvgIpc) is 3.09. The summed E-state index contributed by atoms with van der Waals surface area (Å²) in [5, 5.41) is 15.9. The van der Waals surface area contributed by atoms with E-state index in [1.807, 2.05) is 32.0 Å². The Labute approximate surface area is 154 Å². The summed E-state index contributed by atoms with van der Waals surface area (Å²) < 4.78 is 2.12. The first-order valence-electron chi connectivity index (χ1n) is 8.41. The highest BCUT2D eigenvalue weighted by molar-refractivity contribution is 5.96. The summed E-state index contributed by atoms with van der Waals surface area (Å²) in [5.41, 5.74) is 4.93. The van der Waals surface area contributed by atoms with E-state index in [0.717, 1.165) is 23.6 Å². The van der Waals surface area contributed by atoms with E-state index < -0.39 is 0 Å². The molecule has 0 spiro atoms. The van der Waals surface area contributed by atoms with Crippen molar-refractivity contribution in [3.05, 3.63) is 52.8 Å². The van der Waals surface area contributed by atoms with Crippen molar-refractivity contribution in [3.63, 3.8) is 0 Å². The largest absolute Gasteiger partial charge is 0.391 e. The van der Waals surface area contributed by atoms with Crippen LogP contribution in [0.1, 0.15) is 27.3 Å². The number of halogens is 1. The lowest BCUT2D eigenvalue weighted by Gasteiger charge is -2.15. The van der Waals surface area contributed by atoms with Crippen molar-refractivity contribution in [2.45, 2.75) is 26.9 Å². The summed E-state index contributed by atoms with van der Waals surface area (Å²) in [4.78, 5) is 12.6. The van der Waals surface area contributed by atoms with Crippen LogP contribution in [0.25, 0.3) is 5.69 Å². The van der Waals surface area contributed by atoms with Gasteiger partial charge in [0, 0.05) is 42.6 Å². The number of hydrogen-bond donors (Lipinski definition) is 3. The third-order valence-electron chi connectivity index (χ3n) is 4.86. The Morgan fingerprint density at radius 2 is 2.00 bits per heavy atom. The highest BCUT2D eigenvalue weighted by atomic mass is 35.5. The lowest BCUT2D eigenvalue weighted by Crippen LogP contribution is -2.34. The van der Waals surface area contributed by atoms with Gasteiger partial charge in [-0.3, -0.25) is 4.79 Å². The third-order valence-corrected chi connectivity index (χ3v) is 4.86. The van der Waals surface area contributed by atoms with Crippen LogP contribution in [-0.4, -0.2) is 41.3 Å². The number of aliphatic hydroxyl groups is 1. The molecule has 1 fully saturated rings. The van der Waals surface area contributed by atoms with Crippen molar-refractivity contribution in [2.75, 3.05) is 19.6 Å². The van der Waals surface area contributed by atoms with Crippen LogP contribution in [0.2, 0.25) is 0 Å². The van der Waals surface area contributed by atoms with Crippen molar-refractivity contribution in [1.29, 1.82) is 0 Å². The van der Waals surface area contributed by atoms with E-state index >= 15 is 0 Å². The van der Waals surface area contributed by atoms with Gasteiger partial charge in [0.15, 0.2) is 0 Å². The van der Waals surface area contributed by atoms with E-state index in [-0.39, 0.29) is 30.3 Å². The molecule has 0 aliphatic carbocycles. The number of nitrogens with one attached hydrogen (secondary N) is 2. The number of β-amino-alcohol motifs (C(OH)–C–C–N with tert-alkyl or cyclic N) is 1. The standard InChI is InChI=1S/C19H25N3O2.ClH/c1-12-6-4-5-7-17(12)22-13(2)8-16(14(22)3)19(24)21-10-15-9-20-11-18(15)23;/h4-8,15,18,20,23H,9-11H2,1-3H3,(H,21,24);1H. The minimum absolute atomic E-state index is 0. The van der Waals surface area contributed by atoms with Crippen LogP contribution >= 0.6 is 12.4 Å². The number of aromatic nitrogens is 1. The van der Waals surface area contributed by atoms with Gasteiger partial charge >= 0.3 is 0 Å². The number of rotatable bonds is 4. The van der Waals surface area contributed by atoms with Gasteiger partial charge in [-0.2, -0.15) is 0 Å². The molecule has 136 valence electrons. The molecule has 3 N–H and O–H groups in total. The maximum absolute atomic E-state index is 12.6. The molecule has 1 aliphatic rings. The number of hydrogen-bond acceptors (Lipinski definition) is 3. The van der Waals surface area contributed by atoms with Crippen LogP contribution in [0.3, 0.4) is 0 Å². The van der Waals surface area contributed by atoms with Crippen molar-refractivity contribution in [1.82, 2.24) is 15.2 Å². The van der Waals surface area contributed by atoms with E-state index in [1.165, 1.54) is 5.56 Å². The SMILES string of the molecule is Cc1ccccc1-n1c(C)cc(C(=O)NCC2CNCC2O)c1C.Cl. The molecule has 2 unspecified atom stereocenters. The smallest absolute Gasteiger partial charge is 0.253 e. The van der Waals surface area contributed by atoms with Crippen LogP contribution in [-0.2, 0) is 0 Å². The molecule has 6 heteroatoms. The molecular weight excluding hydrogens is 338 g/mol. The van der Waals surface area contributed by atoms with Crippen molar-refractivity contribution in [3.8, 4) is 5.69 Å². The fourth-order valence-electron chi connectivity index (χ4n) is 3.42. The molecule has 1 aromatic heterocycles. The zero-order chi connectivity index (χ0) is 17.3. The number of nitrogens with zero attached hydrogens (tertiary/aromatic N) is 1. The van der Waals surface area contributed by atoms with Crippen molar-refractivity contribution in [2.24, 2.45) is 5.92 Å². The average molecular weight is 364 g/mol. The quantitative estimate of drug-likeness (QED) is 0.779. The fourth-order valence-corrected chi connectivity index (χ4v) is 3.42. The van der Waals surface area contributed by atoms with E-state index in [4.69, 9.17) is 0 Å². The van der Waals surface area contributed by atoms with E-state index in [2.05, 4.69) is 34.3 Å². The monoisotopic (exact) mass is 363 g/mol. The summed E-state index contributed by atoms with van der Waals surface area (Å²) in [6, 6.07) is 10.1. The normalized spacial score (nSPS) is 19.5. The number of carbonyl (C=O) groups excluding carboxylic acids is 1. The second kappa shape index (κ2) is 8.04. The zero-order valence-corrected chi connectivity index (χ0v) is 15.7. The topological polar surface area (TPSA) is 66.3 Å². The fraction of sp³-hybridized carbons (Fsp3) is 0.421. The number of amides is 1. The van der Waals surface area contributed by atoms with E-state index in [0.29, 0.717) is 18.7 Å². The summed E-state index contributed by atoms with van der Waals surface area (Å²) >= 11 is 0. The number of aliphatic hydroxyl groups excluding tert-OH is 1. The van der Waals surface area contributed by atoms with Crippen molar-refractivity contribution < 1.29 is 9.90 Å². The zero-order valence-electron chi connectivity index (χ0n) is 14.9. The second-order valence-corrected chi connectivity index (χ2v) is 6.60. The molecule has 25 heavy (non-hydrogen) atoms.